The molecule has 6 nitrogen and oxygen atoms in total. The van der Waals surface area contributed by atoms with Crippen LogP contribution in [0, 0.1) is 0 Å². The second-order valence-corrected chi connectivity index (χ2v) is 7.96. The number of methoxy groups -OCH3 is 1. The van der Waals surface area contributed by atoms with Crippen LogP contribution >= 0.6 is 0 Å². The largest absolute Gasteiger partial charge is 0.467 e. The summed E-state index contributed by atoms with van der Waals surface area (Å²) in [5.74, 6) is 0.572. The molecule has 33 heavy (non-hydrogen) atoms. The van der Waals surface area contributed by atoms with Gasteiger partial charge in [0.1, 0.15) is 5.76 Å². The summed E-state index contributed by atoms with van der Waals surface area (Å²) < 4.78 is 10.6. The highest BCUT2D eigenvalue weighted by molar-refractivity contribution is 5.85. The quantitative estimate of drug-likeness (QED) is 0.366. The van der Waals surface area contributed by atoms with E-state index >= 15 is 0 Å². The third kappa shape index (κ3) is 8.24. The van der Waals surface area contributed by atoms with Crippen molar-refractivity contribution in [2.24, 2.45) is 0 Å². The van der Waals surface area contributed by atoms with Gasteiger partial charge < -0.3 is 19.0 Å². The van der Waals surface area contributed by atoms with E-state index in [1.54, 1.807) is 23.2 Å². The molecule has 3 aromatic rings. The van der Waals surface area contributed by atoms with Gasteiger partial charge in [-0.05, 0) is 36.1 Å². The summed E-state index contributed by atoms with van der Waals surface area (Å²) in [6.45, 7) is 1.85. The predicted octanol–water partition coefficient (Wildman–Crippen LogP) is 4.31. The average molecular weight is 449 g/mol. The molecule has 0 saturated carbocycles. The first kappa shape index (κ1) is 24.3. The van der Waals surface area contributed by atoms with Gasteiger partial charge in [0.25, 0.3) is 0 Å². The first-order valence-corrected chi connectivity index (χ1v) is 11.3. The number of carbonyl (C=O) groups is 2. The Hall–Kier alpha value is -3.38. The topological polar surface area (TPSA) is 63.0 Å². The number of carbonyl (C=O) groups excluding carboxylic acids is 2. The van der Waals surface area contributed by atoms with Gasteiger partial charge in [-0.3, -0.25) is 9.59 Å². The minimum absolute atomic E-state index is 0.0269. The fourth-order valence-electron chi connectivity index (χ4n) is 3.64. The van der Waals surface area contributed by atoms with E-state index in [-0.39, 0.29) is 18.4 Å². The molecule has 0 spiro atoms. The first-order chi connectivity index (χ1) is 16.2. The van der Waals surface area contributed by atoms with Crippen LogP contribution in [0.3, 0.4) is 0 Å². The van der Waals surface area contributed by atoms with Crippen LogP contribution in [-0.4, -0.2) is 48.4 Å². The van der Waals surface area contributed by atoms with Crippen molar-refractivity contribution in [2.45, 2.75) is 32.4 Å². The predicted molar refractivity (Wildman–Crippen MR) is 127 cm³/mol. The Labute approximate surface area is 195 Å². The standard InChI is InChI=1S/C27H32N2O4/c1-32-18-9-17-28(26(30)16-15-23-10-4-2-5-11-23)22-27(31)29(21-25-14-8-19-33-25)20-24-12-6-3-7-13-24/h2-8,10-14,19H,9,15-18,20-22H2,1H3. The third-order valence-electron chi connectivity index (χ3n) is 5.42. The molecule has 2 amide bonds. The van der Waals surface area contributed by atoms with Gasteiger partial charge in [0.2, 0.25) is 11.8 Å². The van der Waals surface area contributed by atoms with Crippen LogP contribution in [0.5, 0.6) is 0 Å². The van der Waals surface area contributed by atoms with Gasteiger partial charge in [0, 0.05) is 33.2 Å². The first-order valence-electron chi connectivity index (χ1n) is 11.3. The number of amides is 2. The zero-order chi connectivity index (χ0) is 23.3. The Morgan fingerprint density at radius 1 is 0.818 bits per heavy atom. The van der Waals surface area contributed by atoms with Crippen molar-refractivity contribution in [1.29, 1.82) is 0 Å². The van der Waals surface area contributed by atoms with Gasteiger partial charge in [-0.1, -0.05) is 60.7 Å². The summed E-state index contributed by atoms with van der Waals surface area (Å²) in [6.07, 6.45) is 3.29. The highest BCUT2D eigenvalue weighted by Gasteiger charge is 2.22. The number of furan rings is 1. The maximum Gasteiger partial charge on any atom is 0.242 e. The number of ether oxygens (including phenoxy) is 1. The molecule has 0 fully saturated rings. The molecule has 0 atom stereocenters. The van der Waals surface area contributed by atoms with Crippen LogP contribution < -0.4 is 0 Å². The van der Waals surface area contributed by atoms with Crippen molar-refractivity contribution in [1.82, 2.24) is 9.80 Å². The van der Waals surface area contributed by atoms with Gasteiger partial charge in [0.05, 0.1) is 19.4 Å². The van der Waals surface area contributed by atoms with Crippen molar-refractivity contribution in [3.63, 3.8) is 0 Å². The molecule has 3 rings (SSSR count). The van der Waals surface area contributed by atoms with Gasteiger partial charge in [0.15, 0.2) is 0 Å². The van der Waals surface area contributed by atoms with E-state index in [1.165, 1.54) is 0 Å². The summed E-state index contributed by atoms with van der Waals surface area (Å²) in [5.41, 5.74) is 2.14. The average Bonchev–Trinajstić information content (AvgIpc) is 3.36. The maximum atomic E-state index is 13.4. The Morgan fingerprint density at radius 2 is 1.52 bits per heavy atom. The minimum atomic E-state index is -0.110. The van der Waals surface area contributed by atoms with E-state index in [0.29, 0.717) is 51.3 Å². The molecule has 1 aromatic heterocycles. The zero-order valence-electron chi connectivity index (χ0n) is 19.2. The number of benzene rings is 2. The normalized spacial score (nSPS) is 10.7. The van der Waals surface area contributed by atoms with Crippen LogP contribution in [0.2, 0.25) is 0 Å². The number of hydrogen-bond acceptors (Lipinski definition) is 4. The lowest BCUT2D eigenvalue weighted by Crippen LogP contribution is -2.43. The van der Waals surface area contributed by atoms with Gasteiger partial charge in [-0.15, -0.1) is 0 Å². The Balaban J connectivity index is 1.68. The molecular weight excluding hydrogens is 416 g/mol. The molecule has 0 unspecified atom stereocenters. The number of hydrogen-bond donors (Lipinski definition) is 0. The third-order valence-corrected chi connectivity index (χ3v) is 5.42. The Morgan fingerprint density at radius 3 is 2.15 bits per heavy atom. The number of nitrogens with zero attached hydrogens (tertiary/aromatic N) is 2. The lowest BCUT2D eigenvalue weighted by molar-refractivity contribution is -0.141. The Bertz CT molecular complexity index is 958. The van der Waals surface area contributed by atoms with E-state index in [9.17, 15) is 9.59 Å². The lowest BCUT2D eigenvalue weighted by Gasteiger charge is -2.27. The summed E-state index contributed by atoms with van der Waals surface area (Å²) in [4.78, 5) is 29.8. The van der Waals surface area contributed by atoms with Crippen LogP contribution in [0.25, 0.3) is 0 Å². The van der Waals surface area contributed by atoms with E-state index < -0.39 is 0 Å². The molecule has 1 heterocycles. The molecule has 2 aromatic carbocycles. The van der Waals surface area contributed by atoms with E-state index in [0.717, 1.165) is 11.1 Å². The monoisotopic (exact) mass is 448 g/mol. The molecule has 0 N–H and O–H groups in total. The van der Waals surface area contributed by atoms with Crippen molar-refractivity contribution in [3.8, 4) is 0 Å². The molecular formula is C27H32N2O4. The van der Waals surface area contributed by atoms with Crippen LogP contribution in [0.15, 0.2) is 83.5 Å². The van der Waals surface area contributed by atoms with Gasteiger partial charge in [-0.2, -0.15) is 0 Å². The number of rotatable bonds is 13. The van der Waals surface area contributed by atoms with E-state index in [2.05, 4.69) is 0 Å². The molecule has 6 heteroatoms. The fourth-order valence-corrected chi connectivity index (χ4v) is 3.64. The molecule has 0 aliphatic carbocycles. The van der Waals surface area contributed by atoms with Crippen molar-refractivity contribution in [2.75, 3.05) is 26.8 Å². The molecule has 0 bridgehead atoms. The summed E-state index contributed by atoms with van der Waals surface area (Å²) >= 11 is 0. The molecule has 0 aliphatic heterocycles. The second-order valence-electron chi connectivity index (χ2n) is 7.96. The minimum Gasteiger partial charge on any atom is -0.467 e. The SMILES string of the molecule is COCCCN(CC(=O)N(Cc1ccccc1)Cc1ccco1)C(=O)CCc1ccccc1. The summed E-state index contributed by atoms with van der Waals surface area (Å²) in [6, 6.07) is 23.4. The van der Waals surface area contributed by atoms with Gasteiger partial charge >= 0.3 is 0 Å². The Kier molecular flexibility index (Phi) is 9.73. The van der Waals surface area contributed by atoms with E-state index in [1.807, 2.05) is 72.8 Å². The summed E-state index contributed by atoms with van der Waals surface area (Å²) in [7, 11) is 1.64. The molecule has 0 saturated heterocycles. The molecule has 0 aliphatic rings. The highest BCUT2D eigenvalue weighted by Crippen LogP contribution is 2.13. The lowest BCUT2D eigenvalue weighted by atomic mass is 10.1. The van der Waals surface area contributed by atoms with Crippen molar-refractivity contribution < 1.29 is 18.7 Å². The highest BCUT2D eigenvalue weighted by atomic mass is 16.5. The second kappa shape index (κ2) is 13.2. The number of aryl methyl sites for hydroxylation is 1. The van der Waals surface area contributed by atoms with Crippen molar-refractivity contribution in [3.05, 3.63) is 95.9 Å². The maximum absolute atomic E-state index is 13.4. The molecule has 174 valence electrons. The van der Waals surface area contributed by atoms with Crippen LogP contribution in [0.4, 0.5) is 0 Å². The summed E-state index contributed by atoms with van der Waals surface area (Å²) in [5, 5.41) is 0. The van der Waals surface area contributed by atoms with Crippen molar-refractivity contribution >= 4 is 11.8 Å². The van der Waals surface area contributed by atoms with E-state index in [4.69, 9.17) is 9.15 Å². The van der Waals surface area contributed by atoms with Crippen LogP contribution in [0.1, 0.15) is 29.7 Å². The van der Waals surface area contributed by atoms with Crippen LogP contribution in [-0.2, 0) is 33.8 Å². The zero-order valence-corrected chi connectivity index (χ0v) is 19.2. The molecule has 0 radical (unpaired) electrons. The van der Waals surface area contributed by atoms with Gasteiger partial charge in [-0.25, -0.2) is 0 Å². The smallest absolute Gasteiger partial charge is 0.242 e. The fraction of sp³-hybridized carbons (Fsp3) is 0.333.